The highest BCUT2D eigenvalue weighted by atomic mass is 19.1. The van der Waals surface area contributed by atoms with Crippen LogP contribution in [0.3, 0.4) is 0 Å². The first-order chi connectivity index (χ1) is 27.9. The van der Waals surface area contributed by atoms with E-state index in [4.69, 9.17) is 16.0 Å². The van der Waals surface area contributed by atoms with E-state index in [-0.39, 0.29) is 66.7 Å². The second-order valence-electron chi connectivity index (χ2n) is 13.2. The van der Waals surface area contributed by atoms with Crippen LogP contribution < -0.4 is 20.1 Å². The first-order valence-corrected chi connectivity index (χ1v) is 18.3. The number of aliphatic carboxylic acids is 1. The Labute approximate surface area is 327 Å². The number of carboxylic acid groups (broad SMARTS) is 1. The lowest BCUT2D eigenvalue weighted by Gasteiger charge is -2.27. The van der Waals surface area contributed by atoms with Gasteiger partial charge in [0.15, 0.2) is 0 Å². The first-order valence-electron chi connectivity index (χ1n) is 19.0. The van der Waals surface area contributed by atoms with Gasteiger partial charge < -0.3 is 19.4 Å². The first kappa shape index (κ1) is 41.8. The molecule has 18 heteroatoms. The molecule has 57 heavy (non-hydrogen) atoms. The summed E-state index contributed by atoms with van der Waals surface area (Å²) in [5.74, 6) is -4.76. The van der Waals surface area contributed by atoms with E-state index in [1.165, 1.54) is 12.1 Å². The Bertz CT molecular complexity index is 1960. The molecule has 17 nitrogen and oxygen atoms in total. The van der Waals surface area contributed by atoms with Gasteiger partial charge in [0, 0.05) is 25.7 Å². The second kappa shape index (κ2) is 20.5. The maximum absolute atomic E-state index is 12.9. The van der Waals surface area contributed by atoms with Gasteiger partial charge in [-0.05, 0) is 75.6 Å². The molecule has 2 atom stereocenters. The number of aldehydes is 1. The van der Waals surface area contributed by atoms with Crippen LogP contribution in [0.15, 0.2) is 36.4 Å². The number of halogens is 1. The zero-order valence-electron chi connectivity index (χ0n) is 31.9. The zero-order chi connectivity index (χ0) is 42.4. The molecule has 8 amide bonds. The molecule has 0 aromatic heterocycles. The van der Waals surface area contributed by atoms with Crippen molar-refractivity contribution in [3.8, 4) is 11.5 Å². The number of amides is 8. The molecule has 3 N–H and O–H groups in total. The quantitative estimate of drug-likeness (QED) is 0.126. The number of piperidine rings is 2. The average Bonchev–Trinajstić information content (AvgIpc) is 3.59. The minimum atomic E-state index is -1.02. The summed E-state index contributed by atoms with van der Waals surface area (Å²) in [5.41, 5.74) is 0.629. The highest BCUT2D eigenvalue weighted by Gasteiger charge is 2.47. The van der Waals surface area contributed by atoms with E-state index in [1.54, 1.807) is 24.3 Å². The lowest BCUT2D eigenvalue weighted by atomic mass is 10.0. The van der Waals surface area contributed by atoms with Crippen molar-refractivity contribution in [2.24, 2.45) is 0 Å². The molecular formula is C39H43FN4O13. The fourth-order valence-electron chi connectivity index (χ4n) is 6.63. The molecule has 0 spiro atoms. The van der Waals surface area contributed by atoms with Crippen molar-refractivity contribution in [3.63, 3.8) is 0 Å². The number of carboxylic acids is 1. The number of hydrogen-bond acceptors (Lipinski definition) is 12. The van der Waals surface area contributed by atoms with Crippen molar-refractivity contribution in [2.45, 2.75) is 89.1 Å². The van der Waals surface area contributed by atoms with E-state index in [0.717, 1.165) is 35.3 Å². The lowest BCUT2D eigenvalue weighted by molar-refractivity contribution is -0.138. The zero-order valence-corrected chi connectivity index (χ0v) is 30.9. The maximum atomic E-state index is 12.9. The van der Waals surface area contributed by atoms with Crippen LogP contribution in [0.25, 0.3) is 0 Å². The van der Waals surface area contributed by atoms with Gasteiger partial charge in [-0.1, -0.05) is 12.1 Å². The number of benzene rings is 2. The van der Waals surface area contributed by atoms with Crippen molar-refractivity contribution in [1.29, 1.82) is 0 Å². The van der Waals surface area contributed by atoms with Crippen LogP contribution in [0.2, 0.25) is 0 Å². The number of ether oxygens (including phenoxy) is 2. The lowest BCUT2D eigenvalue weighted by Crippen LogP contribution is -2.54. The summed E-state index contributed by atoms with van der Waals surface area (Å²) in [5, 5.41) is 12.9. The molecule has 2 saturated heterocycles. The van der Waals surface area contributed by atoms with Gasteiger partial charge in [0.2, 0.25) is 23.6 Å². The highest BCUT2D eigenvalue weighted by molar-refractivity contribution is 6.25. The van der Waals surface area contributed by atoms with Gasteiger partial charge in [-0.2, -0.15) is 0 Å². The summed E-state index contributed by atoms with van der Waals surface area (Å²) in [6, 6.07) is 7.43. The van der Waals surface area contributed by atoms with Crippen LogP contribution in [0.5, 0.6) is 11.5 Å². The Balaban J connectivity index is 0.000000241. The van der Waals surface area contributed by atoms with Crippen molar-refractivity contribution < 1.29 is 68.3 Å². The third-order valence-electron chi connectivity index (χ3n) is 9.38. The van der Waals surface area contributed by atoms with E-state index in [0.29, 0.717) is 38.0 Å². The third kappa shape index (κ3) is 10.3. The number of carbonyl (C=O) groups excluding carboxylic acids is 9. The highest BCUT2D eigenvalue weighted by Crippen LogP contribution is 2.35. The molecule has 2 unspecified atom stereocenters. The fourth-order valence-corrected chi connectivity index (χ4v) is 6.63. The number of imide groups is 4. The van der Waals surface area contributed by atoms with E-state index in [2.05, 4.69) is 10.6 Å². The van der Waals surface area contributed by atoms with Gasteiger partial charge in [-0.25, -0.2) is 0 Å². The molecule has 0 aliphatic carbocycles. The SMILES string of the molecule is O=C(O)CCCCCOc1cccc2c1C(=O)N(C1CCC(=O)NC1=O)C2=O.O=CCCCCCOc1cccc2c1C(=O)N(C1CCC(=O)NC1=O)C2=O.[2H]CF. The van der Waals surface area contributed by atoms with E-state index in [9.17, 15) is 52.3 Å². The van der Waals surface area contributed by atoms with Gasteiger partial charge in [0.25, 0.3) is 23.6 Å². The van der Waals surface area contributed by atoms with Crippen LogP contribution in [-0.4, -0.2) is 107 Å². The Morgan fingerprint density at radius 3 is 1.58 bits per heavy atom. The number of alkyl halides is 1. The number of unbranched alkanes of at least 4 members (excludes halogenated alkanes) is 5. The Morgan fingerprint density at radius 2 is 1.18 bits per heavy atom. The van der Waals surface area contributed by atoms with Crippen LogP contribution in [0, 0.1) is 0 Å². The number of nitrogens with zero attached hydrogens (tertiary/aromatic N) is 2. The van der Waals surface area contributed by atoms with Crippen LogP contribution >= 0.6 is 0 Å². The van der Waals surface area contributed by atoms with Crippen molar-refractivity contribution in [3.05, 3.63) is 58.7 Å². The molecule has 0 bridgehead atoms. The molecule has 2 fully saturated rings. The minimum absolute atomic E-state index is 0.0590. The molecule has 2 aromatic carbocycles. The largest absolute Gasteiger partial charge is 0.493 e. The number of rotatable bonds is 16. The smallest absolute Gasteiger partial charge is 0.303 e. The molecule has 2 aromatic rings. The monoisotopic (exact) mass is 795 g/mol. The van der Waals surface area contributed by atoms with Crippen molar-refractivity contribution >= 4 is 59.5 Å². The Morgan fingerprint density at radius 1 is 0.737 bits per heavy atom. The summed E-state index contributed by atoms with van der Waals surface area (Å²) < 4.78 is 26.8. The molecule has 4 heterocycles. The molecule has 304 valence electrons. The summed E-state index contributed by atoms with van der Waals surface area (Å²) >= 11 is 0. The molecule has 6 rings (SSSR count). The summed E-state index contributed by atoms with van der Waals surface area (Å²) in [4.78, 5) is 121. The molecule has 0 radical (unpaired) electrons. The second-order valence-corrected chi connectivity index (χ2v) is 13.2. The molecule has 4 aliphatic heterocycles. The van der Waals surface area contributed by atoms with Crippen molar-refractivity contribution in [1.82, 2.24) is 20.4 Å². The topological polar surface area (TPSA) is 240 Å². The summed E-state index contributed by atoms with van der Waals surface area (Å²) in [6.45, 7) is 0.630. The van der Waals surface area contributed by atoms with Crippen molar-refractivity contribution in [2.75, 3.05) is 20.4 Å². The van der Waals surface area contributed by atoms with Gasteiger partial charge in [-0.3, -0.25) is 68.0 Å². The van der Waals surface area contributed by atoms with E-state index >= 15 is 0 Å². The molecule has 0 saturated carbocycles. The normalized spacial score (nSPS) is 18.6. The molecule has 4 aliphatic rings. The standard InChI is InChI=1S/C19H20N2O7.C19H20N2O6.CH3F/c22-14-9-8-12(17(25)20-14)21-18(26)11-5-4-6-13(16(11)19(21)27)28-10-3-1-2-7-15(23)24;22-10-3-1-2-4-11-27-14-7-5-6-12-16(14)19(26)21(18(12)25)13-8-9-15(23)20-17(13)24;1-2/h4-6,12H,1-3,7-10H2,(H,23,24)(H,20,22,25);5-7,10,13H,1-4,8-9,11H2,(H,20,23,24);1H3/i;;1D. The third-order valence-corrected chi connectivity index (χ3v) is 9.38. The summed E-state index contributed by atoms with van der Waals surface area (Å²) in [6.07, 6.45) is 5.94. The average molecular weight is 796 g/mol. The number of fused-ring (bicyclic) bond motifs is 2. The Hall–Kier alpha value is -6.33. The predicted molar refractivity (Wildman–Crippen MR) is 195 cm³/mol. The van der Waals surface area contributed by atoms with Crippen LogP contribution in [0.4, 0.5) is 4.39 Å². The molecular weight excluding hydrogens is 751 g/mol. The number of hydrogen-bond donors (Lipinski definition) is 3. The van der Waals surface area contributed by atoms with Crippen LogP contribution in [-0.2, 0) is 28.8 Å². The minimum Gasteiger partial charge on any atom is -0.493 e. The van der Waals surface area contributed by atoms with Gasteiger partial charge in [0.05, 0.1) is 44.0 Å². The Kier molecular flexibility index (Phi) is 15.1. The number of carbonyl (C=O) groups is 10. The fraction of sp³-hybridized carbons (Fsp3) is 0.436. The van der Waals surface area contributed by atoms with E-state index in [1.807, 2.05) is 0 Å². The van der Waals surface area contributed by atoms with Crippen LogP contribution in [0.1, 0.15) is 120 Å². The summed E-state index contributed by atoms with van der Waals surface area (Å²) in [7, 11) is -1.00. The number of nitrogens with one attached hydrogen (secondary N) is 2. The van der Waals surface area contributed by atoms with Gasteiger partial charge in [0.1, 0.15) is 29.9 Å². The van der Waals surface area contributed by atoms with Gasteiger partial charge >= 0.3 is 5.97 Å². The van der Waals surface area contributed by atoms with Gasteiger partial charge in [-0.15, -0.1) is 0 Å². The predicted octanol–water partition coefficient (Wildman–Crippen LogP) is 2.92. The van der Waals surface area contributed by atoms with E-state index < -0.39 is 72.5 Å². The maximum Gasteiger partial charge on any atom is 0.303 e.